The Balaban J connectivity index is 2.09. The summed E-state index contributed by atoms with van der Waals surface area (Å²) in [7, 11) is -3.44. The van der Waals surface area contributed by atoms with Crippen LogP contribution in [0, 0.1) is 5.41 Å². The van der Waals surface area contributed by atoms with Crippen LogP contribution in [0.1, 0.15) is 57.6 Å². The number of sulfonamides is 1. The summed E-state index contributed by atoms with van der Waals surface area (Å²) in [6.07, 6.45) is 5.24. The molecule has 0 radical (unpaired) electrons. The fourth-order valence-corrected chi connectivity index (χ4v) is 3.91. The van der Waals surface area contributed by atoms with Crippen molar-refractivity contribution in [2.24, 2.45) is 11.1 Å². The average molecular weight is 310 g/mol. The van der Waals surface area contributed by atoms with Crippen molar-refractivity contribution in [2.45, 2.75) is 56.9 Å². The lowest BCUT2D eigenvalue weighted by Crippen LogP contribution is -2.30. The maximum absolute atomic E-state index is 12.4. The summed E-state index contributed by atoms with van der Waals surface area (Å²) in [5.74, 6) is 0. The molecule has 1 aromatic carbocycles. The summed E-state index contributed by atoms with van der Waals surface area (Å²) in [6.45, 7) is 4.68. The van der Waals surface area contributed by atoms with Gasteiger partial charge in [-0.15, -0.1) is 0 Å². The molecule has 1 atom stereocenters. The van der Waals surface area contributed by atoms with Crippen LogP contribution in [-0.2, 0) is 10.0 Å². The van der Waals surface area contributed by atoms with Crippen molar-refractivity contribution < 1.29 is 8.42 Å². The van der Waals surface area contributed by atoms with Gasteiger partial charge in [0.2, 0.25) is 10.0 Å². The SMILES string of the molecule is CCCC1(CNS(=O)(=O)c2cccc(C(N)CC)c2)CC1. The van der Waals surface area contributed by atoms with Crippen molar-refractivity contribution in [1.29, 1.82) is 0 Å². The molecule has 1 saturated carbocycles. The first kappa shape index (κ1) is 16.5. The Morgan fingerprint density at radius 2 is 2.05 bits per heavy atom. The van der Waals surface area contributed by atoms with Crippen LogP contribution in [0.25, 0.3) is 0 Å². The zero-order chi connectivity index (χ0) is 15.5. The molecular weight excluding hydrogens is 284 g/mol. The molecule has 3 N–H and O–H groups in total. The van der Waals surface area contributed by atoms with Crippen molar-refractivity contribution in [3.63, 3.8) is 0 Å². The Morgan fingerprint density at radius 3 is 2.62 bits per heavy atom. The molecular formula is C16H26N2O2S. The highest BCUT2D eigenvalue weighted by atomic mass is 32.2. The summed E-state index contributed by atoms with van der Waals surface area (Å²) in [5.41, 5.74) is 7.06. The Kier molecular flexibility index (Phi) is 5.07. The number of nitrogens with two attached hydrogens (primary N) is 1. The van der Waals surface area contributed by atoms with Gasteiger partial charge in [0.1, 0.15) is 0 Å². The van der Waals surface area contributed by atoms with Gasteiger partial charge in [0.05, 0.1) is 4.90 Å². The molecule has 4 nitrogen and oxygen atoms in total. The zero-order valence-corrected chi connectivity index (χ0v) is 13.7. The maximum atomic E-state index is 12.4. The minimum absolute atomic E-state index is 0.116. The number of benzene rings is 1. The average Bonchev–Trinajstić information content (AvgIpc) is 3.25. The highest BCUT2D eigenvalue weighted by molar-refractivity contribution is 7.89. The van der Waals surface area contributed by atoms with E-state index >= 15 is 0 Å². The van der Waals surface area contributed by atoms with Gasteiger partial charge in [-0.25, -0.2) is 13.1 Å². The highest BCUT2D eigenvalue weighted by Gasteiger charge is 2.42. The topological polar surface area (TPSA) is 72.2 Å². The van der Waals surface area contributed by atoms with E-state index in [2.05, 4.69) is 11.6 Å². The van der Waals surface area contributed by atoms with Crippen molar-refractivity contribution in [1.82, 2.24) is 4.72 Å². The van der Waals surface area contributed by atoms with Crippen molar-refractivity contribution in [3.05, 3.63) is 29.8 Å². The maximum Gasteiger partial charge on any atom is 0.240 e. The Hall–Kier alpha value is -0.910. The fraction of sp³-hybridized carbons (Fsp3) is 0.625. The first-order chi connectivity index (χ1) is 9.92. The van der Waals surface area contributed by atoms with Crippen LogP contribution in [0.4, 0.5) is 0 Å². The second-order valence-corrected chi connectivity index (χ2v) is 7.93. The predicted molar refractivity (Wildman–Crippen MR) is 85.4 cm³/mol. The molecule has 1 aromatic rings. The molecule has 0 heterocycles. The zero-order valence-electron chi connectivity index (χ0n) is 12.9. The Bertz CT molecular complexity index is 580. The van der Waals surface area contributed by atoms with E-state index in [1.165, 1.54) is 0 Å². The molecule has 0 aromatic heterocycles. The van der Waals surface area contributed by atoms with Gasteiger partial charge in [0.25, 0.3) is 0 Å². The molecule has 0 amide bonds. The smallest absolute Gasteiger partial charge is 0.240 e. The van der Waals surface area contributed by atoms with E-state index in [0.29, 0.717) is 11.4 Å². The van der Waals surface area contributed by atoms with Crippen LogP contribution < -0.4 is 10.5 Å². The van der Waals surface area contributed by atoms with Crippen LogP contribution in [0.5, 0.6) is 0 Å². The number of hydrogen-bond acceptors (Lipinski definition) is 3. The molecule has 0 spiro atoms. The van der Waals surface area contributed by atoms with Crippen LogP contribution in [0.2, 0.25) is 0 Å². The van der Waals surface area contributed by atoms with Gasteiger partial charge in [-0.1, -0.05) is 32.4 Å². The van der Waals surface area contributed by atoms with E-state index in [1.54, 1.807) is 18.2 Å². The lowest BCUT2D eigenvalue weighted by Gasteiger charge is -2.16. The summed E-state index contributed by atoms with van der Waals surface area (Å²) in [4.78, 5) is 0.316. The van der Waals surface area contributed by atoms with Crippen molar-refractivity contribution in [3.8, 4) is 0 Å². The Morgan fingerprint density at radius 1 is 1.33 bits per heavy atom. The molecule has 1 aliphatic rings. The summed E-state index contributed by atoms with van der Waals surface area (Å²) < 4.78 is 27.6. The second kappa shape index (κ2) is 6.46. The molecule has 0 saturated heterocycles. The summed E-state index contributed by atoms with van der Waals surface area (Å²) in [6, 6.07) is 6.85. The molecule has 21 heavy (non-hydrogen) atoms. The summed E-state index contributed by atoms with van der Waals surface area (Å²) in [5, 5.41) is 0. The van der Waals surface area contributed by atoms with Gasteiger partial charge in [-0.2, -0.15) is 0 Å². The van der Waals surface area contributed by atoms with E-state index in [9.17, 15) is 8.42 Å². The first-order valence-corrected chi connectivity index (χ1v) is 9.26. The van der Waals surface area contributed by atoms with Crippen molar-refractivity contribution in [2.75, 3.05) is 6.54 Å². The largest absolute Gasteiger partial charge is 0.324 e. The third kappa shape index (κ3) is 4.05. The van der Waals surface area contributed by atoms with Gasteiger partial charge in [0.15, 0.2) is 0 Å². The molecule has 0 bridgehead atoms. The molecule has 0 aliphatic heterocycles. The highest BCUT2D eigenvalue weighted by Crippen LogP contribution is 2.49. The molecule has 2 rings (SSSR count). The van der Waals surface area contributed by atoms with E-state index in [-0.39, 0.29) is 11.5 Å². The fourth-order valence-electron chi connectivity index (χ4n) is 2.70. The predicted octanol–water partition coefficient (Wildman–Crippen LogP) is 2.96. The first-order valence-electron chi connectivity index (χ1n) is 7.78. The van der Waals surface area contributed by atoms with E-state index in [0.717, 1.165) is 37.7 Å². The number of rotatable bonds is 8. The molecule has 1 unspecified atom stereocenters. The second-order valence-electron chi connectivity index (χ2n) is 6.16. The monoisotopic (exact) mass is 310 g/mol. The lowest BCUT2D eigenvalue weighted by atomic mass is 10.0. The van der Waals surface area contributed by atoms with Gasteiger partial charge >= 0.3 is 0 Å². The standard InChI is InChI=1S/C16H26N2O2S/c1-3-8-16(9-10-16)12-18-21(19,20)14-7-5-6-13(11-14)15(17)4-2/h5-7,11,15,18H,3-4,8-10,12,17H2,1-2H3. The van der Waals surface area contributed by atoms with Crippen LogP contribution in [0.15, 0.2) is 29.2 Å². The minimum atomic E-state index is -3.44. The summed E-state index contributed by atoms with van der Waals surface area (Å²) >= 11 is 0. The van der Waals surface area contributed by atoms with E-state index in [4.69, 9.17) is 5.73 Å². The molecule has 1 fully saturated rings. The normalized spacial score (nSPS) is 18.4. The van der Waals surface area contributed by atoms with Crippen molar-refractivity contribution >= 4 is 10.0 Å². The van der Waals surface area contributed by atoms with Crippen LogP contribution >= 0.6 is 0 Å². The van der Waals surface area contributed by atoms with Crippen LogP contribution in [-0.4, -0.2) is 15.0 Å². The molecule has 118 valence electrons. The minimum Gasteiger partial charge on any atom is -0.324 e. The van der Waals surface area contributed by atoms with E-state index in [1.807, 2.05) is 13.0 Å². The van der Waals surface area contributed by atoms with Crippen LogP contribution in [0.3, 0.4) is 0 Å². The molecule has 1 aliphatic carbocycles. The Labute approximate surface area is 128 Å². The van der Waals surface area contributed by atoms with Gasteiger partial charge in [-0.05, 0) is 48.8 Å². The van der Waals surface area contributed by atoms with E-state index < -0.39 is 10.0 Å². The quantitative estimate of drug-likeness (QED) is 0.775. The third-order valence-electron chi connectivity index (χ3n) is 4.41. The third-order valence-corrected chi connectivity index (χ3v) is 5.81. The van der Waals surface area contributed by atoms with Gasteiger partial charge < -0.3 is 5.73 Å². The number of hydrogen-bond donors (Lipinski definition) is 2. The molecule has 5 heteroatoms. The van der Waals surface area contributed by atoms with Gasteiger partial charge in [0, 0.05) is 12.6 Å². The number of nitrogens with one attached hydrogen (secondary N) is 1. The van der Waals surface area contributed by atoms with Gasteiger partial charge in [-0.3, -0.25) is 0 Å². The lowest BCUT2D eigenvalue weighted by molar-refractivity contribution is 0.449.